The predicted molar refractivity (Wildman–Crippen MR) is 58.7 cm³/mol. The van der Waals surface area contributed by atoms with Crippen molar-refractivity contribution >= 4 is 21.6 Å². The van der Waals surface area contributed by atoms with Crippen LogP contribution in [0.2, 0.25) is 0 Å². The molecule has 5 heteroatoms. The standard InChI is InChI=1S/C10H11N3OS/c11-10(2-4-14-6-10)9-13-7-5-12-3-1-8(7)15-9/h1,3,5H,2,4,6,11H2. The Morgan fingerprint density at radius 1 is 1.53 bits per heavy atom. The molecule has 0 radical (unpaired) electrons. The van der Waals surface area contributed by atoms with E-state index in [2.05, 4.69) is 9.97 Å². The second-order valence-electron chi connectivity index (χ2n) is 3.82. The molecule has 3 heterocycles. The van der Waals surface area contributed by atoms with Gasteiger partial charge in [-0.2, -0.15) is 0 Å². The third-order valence-corrected chi connectivity index (χ3v) is 3.92. The van der Waals surface area contributed by atoms with Gasteiger partial charge in [0.15, 0.2) is 0 Å². The van der Waals surface area contributed by atoms with Crippen LogP contribution in [0.1, 0.15) is 11.4 Å². The fourth-order valence-corrected chi connectivity index (χ4v) is 2.79. The number of ether oxygens (including phenoxy) is 1. The van der Waals surface area contributed by atoms with Crippen LogP contribution in [0.3, 0.4) is 0 Å². The molecular weight excluding hydrogens is 210 g/mol. The first-order valence-corrected chi connectivity index (χ1v) is 5.67. The minimum Gasteiger partial charge on any atom is -0.379 e. The van der Waals surface area contributed by atoms with E-state index in [-0.39, 0.29) is 5.54 Å². The number of nitrogens with two attached hydrogens (primary N) is 1. The van der Waals surface area contributed by atoms with E-state index in [1.807, 2.05) is 6.07 Å². The molecule has 0 bridgehead atoms. The smallest absolute Gasteiger partial charge is 0.116 e. The molecule has 15 heavy (non-hydrogen) atoms. The van der Waals surface area contributed by atoms with Gasteiger partial charge in [-0.1, -0.05) is 0 Å². The number of aromatic nitrogens is 2. The van der Waals surface area contributed by atoms with Gasteiger partial charge in [-0.15, -0.1) is 11.3 Å². The molecule has 0 aliphatic carbocycles. The molecule has 3 rings (SSSR count). The number of fused-ring (bicyclic) bond motifs is 1. The normalized spacial score (nSPS) is 26.2. The number of pyridine rings is 1. The van der Waals surface area contributed by atoms with Crippen LogP contribution in [0.25, 0.3) is 10.2 Å². The summed E-state index contributed by atoms with van der Waals surface area (Å²) in [4.78, 5) is 8.57. The van der Waals surface area contributed by atoms with Crippen LogP contribution < -0.4 is 5.73 Å². The molecule has 4 nitrogen and oxygen atoms in total. The van der Waals surface area contributed by atoms with Crippen LogP contribution in [0, 0.1) is 0 Å². The van der Waals surface area contributed by atoms with Gasteiger partial charge in [0.2, 0.25) is 0 Å². The summed E-state index contributed by atoms with van der Waals surface area (Å²) < 4.78 is 6.47. The minimum absolute atomic E-state index is 0.385. The number of rotatable bonds is 1. The van der Waals surface area contributed by atoms with Crippen molar-refractivity contribution in [1.82, 2.24) is 9.97 Å². The monoisotopic (exact) mass is 221 g/mol. The first kappa shape index (κ1) is 9.21. The van der Waals surface area contributed by atoms with Gasteiger partial charge >= 0.3 is 0 Å². The van der Waals surface area contributed by atoms with E-state index in [1.165, 1.54) is 0 Å². The highest BCUT2D eigenvalue weighted by Gasteiger charge is 2.35. The summed E-state index contributed by atoms with van der Waals surface area (Å²) in [6.07, 6.45) is 4.40. The van der Waals surface area contributed by atoms with Crippen LogP contribution >= 0.6 is 11.3 Å². The van der Waals surface area contributed by atoms with Crippen LogP contribution in [0.15, 0.2) is 18.5 Å². The SMILES string of the molecule is NC1(c2nc3cnccc3s2)CCOC1. The zero-order valence-electron chi connectivity index (χ0n) is 8.14. The van der Waals surface area contributed by atoms with E-state index in [0.717, 1.165) is 28.3 Å². The maximum absolute atomic E-state index is 6.25. The second kappa shape index (κ2) is 3.23. The molecule has 2 N–H and O–H groups in total. The van der Waals surface area contributed by atoms with E-state index < -0.39 is 0 Å². The molecular formula is C10H11N3OS. The van der Waals surface area contributed by atoms with Crippen LogP contribution in [0.4, 0.5) is 0 Å². The fourth-order valence-electron chi connectivity index (χ4n) is 1.74. The number of hydrogen-bond acceptors (Lipinski definition) is 5. The molecule has 2 aromatic heterocycles. The summed E-state index contributed by atoms with van der Waals surface area (Å²) in [7, 11) is 0. The topological polar surface area (TPSA) is 61.0 Å². The van der Waals surface area contributed by atoms with Crippen molar-refractivity contribution in [2.75, 3.05) is 13.2 Å². The Balaban J connectivity index is 2.11. The predicted octanol–water partition coefficient (Wildman–Crippen LogP) is 1.27. The quantitative estimate of drug-likeness (QED) is 0.787. The highest BCUT2D eigenvalue weighted by Crippen LogP contribution is 2.33. The first-order valence-electron chi connectivity index (χ1n) is 4.86. The Morgan fingerprint density at radius 2 is 2.47 bits per heavy atom. The molecule has 0 aromatic carbocycles. The van der Waals surface area contributed by atoms with Gasteiger partial charge in [-0.25, -0.2) is 4.98 Å². The highest BCUT2D eigenvalue weighted by atomic mass is 32.1. The first-order chi connectivity index (χ1) is 7.28. The van der Waals surface area contributed by atoms with Crippen LogP contribution in [-0.2, 0) is 10.3 Å². The Hall–Kier alpha value is -1.04. The maximum atomic E-state index is 6.25. The summed E-state index contributed by atoms with van der Waals surface area (Å²) in [6.45, 7) is 1.30. The van der Waals surface area contributed by atoms with Crippen molar-refractivity contribution in [2.24, 2.45) is 5.73 Å². The summed E-state index contributed by atoms with van der Waals surface area (Å²) in [5.74, 6) is 0. The minimum atomic E-state index is -0.385. The van der Waals surface area contributed by atoms with Gasteiger partial charge < -0.3 is 10.5 Å². The molecule has 1 saturated heterocycles. The van der Waals surface area contributed by atoms with Crippen molar-refractivity contribution in [1.29, 1.82) is 0 Å². The third-order valence-electron chi connectivity index (χ3n) is 2.67. The van der Waals surface area contributed by atoms with Crippen LogP contribution in [-0.4, -0.2) is 23.2 Å². The van der Waals surface area contributed by atoms with E-state index >= 15 is 0 Å². The van der Waals surface area contributed by atoms with Gasteiger partial charge in [0, 0.05) is 12.8 Å². The van der Waals surface area contributed by atoms with E-state index in [4.69, 9.17) is 10.5 Å². The van der Waals surface area contributed by atoms with Crippen molar-refractivity contribution < 1.29 is 4.74 Å². The molecule has 1 atom stereocenters. The Labute approximate surface area is 91.1 Å². The summed E-state index contributed by atoms with van der Waals surface area (Å²) in [5.41, 5.74) is 6.79. The van der Waals surface area contributed by atoms with Gasteiger partial charge in [-0.3, -0.25) is 4.98 Å². The van der Waals surface area contributed by atoms with Crippen molar-refractivity contribution in [2.45, 2.75) is 12.0 Å². The molecule has 2 aromatic rings. The van der Waals surface area contributed by atoms with Crippen molar-refractivity contribution in [3.05, 3.63) is 23.5 Å². The lowest BCUT2D eigenvalue weighted by Gasteiger charge is -2.17. The molecule has 1 fully saturated rings. The lowest BCUT2D eigenvalue weighted by Crippen LogP contribution is -2.36. The Bertz CT molecular complexity index is 457. The maximum Gasteiger partial charge on any atom is 0.116 e. The largest absolute Gasteiger partial charge is 0.379 e. The highest BCUT2D eigenvalue weighted by molar-refractivity contribution is 7.18. The lowest BCUT2D eigenvalue weighted by atomic mass is 10.0. The average Bonchev–Trinajstić information content (AvgIpc) is 2.84. The number of thiazole rings is 1. The van der Waals surface area contributed by atoms with Gasteiger partial charge in [-0.05, 0) is 12.5 Å². The molecule has 78 valence electrons. The summed E-state index contributed by atoms with van der Waals surface area (Å²) in [5, 5.41) is 0.961. The fraction of sp³-hybridized carbons (Fsp3) is 0.400. The summed E-state index contributed by atoms with van der Waals surface area (Å²) >= 11 is 1.64. The third kappa shape index (κ3) is 1.43. The van der Waals surface area contributed by atoms with E-state index in [0.29, 0.717) is 6.61 Å². The van der Waals surface area contributed by atoms with Gasteiger partial charge in [0.1, 0.15) is 5.01 Å². The zero-order valence-corrected chi connectivity index (χ0v) is 8.96. The molecule has 1 aliphatic rings. The van der Waals surface area contributed by atoms with E-state index in [9.17, 15) is 0 Å². The van der Waals surface area contributed by atoms with Gasteiger partial charge in [0.25, 0.3) is 0 Å². The number of nitrogens with zero attached hydrogens (tertiary/aromatic N) is 2. The molecule has 1 aliphatic heterocycles. The zero-order chi connectivity index (χ0) is 10.3. The molecule has 0 amide bonds. The number of hydrogen-bond donors (Lipinski definition) is 1. The average molecular weight is 221 g/mol. The summed E-state index contributed by atoms with van der Waals surface area (Å²) in [6, 6.07) is 1.97. The van der Waals surface area contributed by atoms with E-state index in [1.54, 1.807) is 23.7 Å². The van der Waals surface area contributed by atoms with Crippen molar-refractivity contribution in [3.8, 4) is 0 Å². The Kier molecular flexibility index (Phi) is 1.98. The lowest BCUT2D eigenvalue weighted by molar-refractivity contribution is 0.178. The van der Waals surface area contributed by atoms with Crippen molar-refractivity contribution in [3.63, 3.8) is 0 Å². The molecule has 0 saturated carbocycles. The molecule has 1 unspecified atom stereocenters. The second-order valence-corrected chi connectivity index (χ2v) is 4.85. The van der Waals surface area contributed by atoms with Crippen LogP contribution in [0.5, 0.6) is 0 Å². The Morgan fingerprint density at radius 3 is 3.20 bits per heavy atom. The van der Waals surface area contributed by atoms with Gasteiger partial charge in [0.05, 0.1) is 28.6 Å². The molecule has 0 spiro atoms.